The van der Waals surface area contributed by atoms with Crippen molar-refractivity contribution in [3.05, 3.63) is 70.8 Å². The van der Waals surface area contributed by atoms with Crippen molar-refractivity contribution in [2.75, 3.05) is 5.73 Å². The van der Waals surface area contributed by atoms with Gasteiger partial charge in [0.1, 0.15) is 17.7 Å². The number of anilines is 1. The first-order chi connectivity index (χ1) is 9.65. The Bertz CT molecular complexity index is 660. The van der Waals surface area contributed by atoms with Gasteiger partial charge in [0.15, 0.2) is 0 Å². The summed E-state index contributed by atoms with van der Waals surface area (Å²) in [4.78, 5) is 0. The number of allylic oxidation sites excluding steroid dienone is 1. The molecule has 0 aliphatic rings. The number of aryl methyl sites for hydroxylation is 1. The molecule has 0 atom stereocenters. The van der Waals surface area contributed by atoms with Gasteiger partial charge in [0.05, 0.1) is 0 Å². The zero-order valence-electron chi connectivity index (χ0n) is 11.1. The molecule has 2 aromatic carbocycles. The van der Waals surface area contributed by atoms with Crippen LogP contribution in [-0.4, -0.2) is 0 Å². The Labute approximate surface area is 118 Å². The summed E-state index contributed by atoms with van der Waals surface area (Å²) >= 11 is 0. The predicted molar refractivity (Wildman–Crippen MR) is 79.3 cm³/mol. The van der Waals surface area contributed by atoms with Crippen molar-refractivity contribution in [1.29, 1.82) is 10.5 Å². The van der Waals surface area contributed by atoms with Crippen molar-refractivity contribution >= 4 is 11.3 Å². The van der Waals surface area contributed by atoms with Crippen LogP contribution in [0.3, 0.4) is 0 Å². The minimum atomic E-state index is 0.0959. The molecule has 96 valence electrons. The SMILES string of the molecule is Cc1ccc(C(=C(C#N)C#N)c2ccc(N)cc2)cc1. The van der Waals surface area contributed by atoms with Gasteiger partial charge in [-0.15, -0.1) is 0 Å². The van der Waals surface area contributed by atoms with E-state index in [1.165, 1.54) is 0 Å². The smallest absolute Gasteiger partial charge is 0.138 e. The van der Waals surface area contributed by atoms with E-state index in [0.29, 0.717) is 11.3 Å². The van der Waals surface area contributed by atoms with E-state index in [-0.39, 0.29) is 5.57 Å². The summed E-state index contributed by atoms with van der Waals surface area (Å²) in [6.07, 6.45) is 0. The molecule has 0 radical (unpaired) electrons. The lowest BCUT2D eigenvalue weighted by atomic mass is 9.93. The Hall–Kier alpha value is -3.04. The monoisotopic (exact) mass is 259 g/mol. The third kappa shape index (κ3) is 2.68. The van der Waals surface area contributed by atoms with E-state index in [2.05, 4.69) is 0 Å². The Morgan fingerprint density at radius 3 is 1.75 bits per heavy atom. The van der Waals surface area contributed by atoms with Crippen LogP contribution in [-0.2, 0) is 0 Å². The van der Waals surface area contributed by atoms with Crippen molar-refractivity contribution in [3.63, 3.8) is 0 Å². The zero-order chi connectivity index (χ0) is 14.5. The quantitative estimate of drug-likeness (QED) is 0.663. The standard InChI is InChI=1S/C17H13N3/c1-12-2-4-13(5-3-12)17(15(10-18)11-19)14-6-8-16(20)9-7-14/h2-9H,20H2,1H3. The third-order valence-electron chi connectivity index (χ3n) is 3.01. The maximum absolute atomic E-state index is 9.17. The predicted octanol–water partition coefficient (Wildman–Crippen LogP) is 3.43. The zero-order valence-corrected chi connectivity index (χ0v) is 11.1. The average Bonchev–Trinajstić information content (AvgIpc) is 2.47. The highest BCUT2D eigenvalue weighted by Gasteiger charge is 2.11. The normalized spacial score (nSPS) is 9.35. The second-order valence-corrected chi connectivity index (χ2v) is 4.46. The number of hydrogen-bond donors (Lipinski definition) is 1. The van der Waals surface area contributed by atoms with Gasteiger partial charge in [-0.1, -0.05) is 42.0 Å². The maximum Gasteiger partial charge on any atom is 0.138 e. The van der Waals surface area contributed by atoms with Crippen LogP contribution in [0.15, 0.2) is 54.1 Å². The number of nitriles is 2. The Morgan fingerprint density at radius 1 is 0.850 bits per heavy atom. The Kier molecular flexibility index (Phi) is 3.84. The number of nitrogen functional groups attached to an aromatic ring is 1. The van der Waals surface area contributed by atoms with Gasteiger partial charge in [-0.25, -0.2) is 0 Å². The molecular formula is C17H13N3. The highest BCUT2D eigenvalue weighted by Crippen LogP contribution is 2.27. The van der Waals surface area contributed by atoms with Crippen LogP contribution in [0.5, 0.6) is 0 Å². The molecule has 0 spiro atoms. The van der Waals surface area contributed by atoms with Crippen LogP contribution in [0.2, 0.25) is 0 Å². The molecule has 2 N–H and O–H groups in total. The fraction of sp³-hybridized carbons (Fsp3) is 0.0588. The summed E-state index contributed by atoms with van der Waals surface area (Å²) in [5.74, 6) is 0. The molecule has 0 amide bonds. The maximum atomic E-state index is 9.17. The molecule has 0 bridgehead atoms. The van der Waals surface area contributed by atoms with Gasteiger partial charge < -0.3 is 5.73 Å². The first-order valence-electron chi connectivity index (χ1n) is 6.13. The number of hydrogen-bond acceptors (Lipinski definition) is 3. The number of benzene rings is 2. The first kappa shape index (κ1) is 13.4. The van der Waals surface area contributed by atoms with Crippen molar-refractivity contribution in [3.8, 4) is 12.1 Å². The van der Waals surface area contributed by atoms with E-state index in [1.54, 1.807) is 12.1 Å². The highest BCUT2D eigenvalue weighted by atomic mass is 14.5. The van der Waals surface area contributed by atoms with Crippen LogP contribution >= 0.6 is 0 Å². The molecule has 3 nitrogen and oxygen atoms in total. The van der Waals surface area contributed by atoms with Gasteiger partial charge in [0.25, 0.3) is 0 Å². The summed E-state index contributed by atoms with van der Waals surface area (Å²) < 4.78 is 0. The fourth-order valence-corrected chi connectivity index (χ4v) is 1.96. The minimum Gasteiger partial charge on any atom is -0.399 e. The van der Waals surface area contributed by atoms with Crippen LogP contribution in [0.25, 0.3) is 5.57 Å². The minimum absolute atomic E-state index is 0.0959. The summed E-state index contributed by atoms with van der Waals surface area (Å²) in [7, 11) is 0. The Balaban J connectivity index is 2.67. The van der Waals surface area contributed by atoms with E-state index >= 15 is 0 Å². The molecule has 0 aliphatic heterocycles. The first-order valence-corrected chi connectivity index (χ1v) is 6.13. The van der Waals surface area contributed by atoms with Crippen molar-refractivity contribution in [1.82, 2.24) is 0 Å². The summed E-state index contributed by atoms with van der Waals surface area (Å²) in [6.45, 7) is 1.99. The van der Waals surface area contributed by atoms with Crippen molar-refractivity contribution in [2.24, 2.45) is 0 Å². The fourth-order valence-electron chi connectivity index (χ4n) is 1.96. The Morgan fingerprint density at radius 2 is 1.30 bits per heavy atom. The van der Waals surface area contributed by atoms with Gasteiger partial charge in [0.2, 0.25) is 0 Å². The molecule has 0 unspecified atom stereocenters. The van der Waals surface area contributed by atoms with Crippen LogP contribution in [0, 0.1) is 29.6 Å². The van der Waals surface area contributed by atoms with Gasteiger partial charge in [-0.05, 0) is 30.2 Å². The second-order valence-electron chi connectivity index (χ2n) is 4.46. The largest absolute Gasteiger partial charge is 0.399 e. The molecule has 20 heavy (non-hydrogen) atoms. The van der Waals surface area contributed by atoms with Crippen molar-refractivity contribution < 1.29 is 0 Å². The lowest BCUT2D eigenvalue weighted by Gasteiger charge is -2.09. The second kappa shape index (κ2) is 5.73. The molecule has 3 heteroatoms. The topological polar surface area (TPSA) is 73.6 Å². The summed E-state index contributed by atoms with van der Waals surface area (Å²) in [5, 5.41) is 18.3. The van der Waals surface area contributed by atoms with E-state index < -0.39 is 0 Å². The molecule has 2 aromatic rings. The molecule has 0 saturated carbocycles. The molecule has 2 rings (SSSR count). The molecule has 0 heterocycles. The van der Waals surface area contributed by atoms with Crippen LogP contribution < -0.4 is 5.73 Å². The summed E-state index contributed by atoms with van der Waals surface area (Å²) in [6, 6.07) is 18.8. The lowest BCUT2D eigenvalue weighted by molar-refractivity contribution is 1.42. The van der Waals surface area contributed by atoms with Gasteiger partial charge in [-0.3, -0.25) is 0 Å². The van der Waals surface area contributed by atoms with Crippen molar-refractivity contribution in [2.45, 2.75) is 6.92 Å². The van der Waals surface area contributed by atoms with Gasteiger partial charge in [-0.2, -0.15) is 10.5 Å². The molecule has 0 saturated heterocycles. The van der Waals surface area contributed by atoms with Gasteiger partial charge in [0, 0.05) is 11.3 Å². The lowest BCUT2D eigenvalue weighted by Crippen LogP contribution is -1.93. The van der Waals surface area contributed by atoms with Crippen LogP contribution in [0.4, 0.5) is 5.69 Å². The summed E-state index contributed by atoms with van der Waals surface area (Å²) in [5.41, 5.74) is 9.83. The van der Waals surface area contributed by atoms with E-state index in [4.69, 9.17) is 5.73 Å². The molecule has 0 fully saturated rings. The number of nitrogens with zero attached hydrogens (tertiary/aromatic N) is 2. The molecule has 0 aliphatic carbocycles. The van der Waals surface area contributed by atoms with E-state index in [9.17, 15) is 10.5 Å². The molecular weight excluding hydrogens is 246 g/mol. The number of nitrogens with two attached hydrogens (primary N) is 1. The van der Waals surface area contributed by atoms with Gasteiger partial charge >= 0.3 is 0 Å². The average molecular weight is 259 g/mol. The molecule has 0 aromatic heterocycles. The van der Waals surface area contributed by atoms with E-state index in [1.807, 2.05) is 55.5 Å². The third-order valence-corrected chi connectivity index (χ3v) is 3.01. The number of rotatable bonds is 2. The van der Waals surface area contributed by atoms with Crippen LogP contribution in [0.1, 0.15) is 16.7 Å². The van der Waals surface area contributed by atoms with E-state index in [0.717, 1.165) is 16.7 Å². The highest BCUT2D eigenvalue weighted by molar-refractivity contribution is 5.86.